The lowest BCUT2D eigenvalue weighted by Crippen LogP contribution is -2.60. The van der Waals surface area contributed by atoms with Crippen LogP contribution in [0.4, 0.5) is 34.1 Å². The highest BCUT2D eigenvalue weighted by Gasteiger charge is 2.46. The molecule has 1 aromatic heterocycles. The summed E-state index contributed by atoms with van der Waals surface area (Å²) in [6.07, 6.45) is 0. The average Bonchev–Trinajstić information content (AvgIpc) is 3.68. The molecule has 0 spiro atoms. The molecule has 0 radical (unpaired) electrons. The second kappa shape index (κ2) is 14.6. The smallest absolute Gasteiger partial charge is 0.264 e. The fourth-order valence-electron chi connectivity index (χ4n) is 11.4. The summed E-state index contributed by atoms with van der Waals surface area (Å²) in [5.74, 6) is 0. The minimum Gasteiger partial charge on any atom is -0.311 e. The molecule has 0 bridgehead atoms. The molecule has 0 N–H and O–H groups in total. The summed E-state index contributed by atoms with van der Waals surface area (Å²) >= 11 is 1.99. The quantitative estimate of drug-likeness (QED) is 0.129. The first-order valence-corrected chi connectivity index (χ1v) is 25.4. The molecule has 2 nitrogen and oxygen atoms in total. The van der Waals surface area contributed by atoms with E-state index in [9.17, 15) is 0 Å². The standard InChI is InChI=1S/C64H61BN2S/c1-61(2,3)41-23-28-45(29-24-41)66-52-33-26-44(64(10,11)12)37-50(52)65-58-53(66)17-14-18-54(58)67(59-49-36-43(63(7,8)9)27-34-55(49)68-60(59)65)51-32-25-42(62(4,5)6)35-48(51)46-30-21-40-20-19-38-15-13-16-39-22-31-47(46)57(40)56(38)39/h13-37H,1-12H3. The molecule has 2 aliphatic heterocycles. The molecule has 0 unspecified atom stereocenters. The highest BCUT2D eigenvalue weighted by Crippen LogP contribution is 2.52. The van der Waals surface area contributed by atoms with Crippen molar-refractivity contribution in [1.82, 2.24) is 0 Å². The Morgan fingerprint density at radius 3 is 1.59 bits per heavy atom. The number of anilines is 6. The lowest BCUT2D eigenvalue weighted by molar-refractivity contribution is 0.590. The molecular weight excluding hydrogens is 840 g/mol. The first-order chi connectivity index (χ1) is 32.3. The van der Waals surface area contributed by atoms with Crippen molar-refractivity contribution in [3.05, 3.63) is 174 Å². The van der Waals surface area contributed by atoms with E-state index in [4.69, 9.17) is 0 Å². The minimum absolute atomic E-state index is 0.0170. The SMILES string of the molecule is CC(C)(C)c1ccc(N2c3ccc(C(C)(C)C)cc3B3c4sc5ccc(C(C)(C)C)cc5c4N(c4ccc(C(C)(C)C)cc4-c4ccc5ccc6cccc7ccc4c5c67)c4cccc2c43)cc1. The van der Waals surface area contributed by atoms with Gasteiger partial charge in [0.15, 0.2) is 0 Å². The Labute approximate surface area is 407 Å². The molecule has 68 heavy (non-hydrogen) atoms. The number of hydrogen-bond donors (Lipinski definition) is 0. The van der Waals surface area contributed by atoms with Crippen molar-refractivity contribution in [3.63, 3.8) is 0 Å². The van der Waals surface area contributed by atoms with Crippen molar-refractivity contribution in [2.24, 2.45) is 0 Å². The monoisotopic (exact) mass is 900 g/mol. The van der Waals surface area contributed by atoms with Crippen molar-refractivity contribution in [2.75, 3.05) is 9.80 Å². The number of rotatable bonds is 3. The topological polar surface area (TPSA) is 6.48 Å². The molecule has 9 aromatic carbocycles. The molecule has 336 valence electrons. The van der Waals surface area contributed by atoms with Gasteiger partial charge in [-0.3, -0.25) is 0 Å². The maximum atomic E-state index is 2.69. The first-order valence-electron chi connectivity index (χ1n) is 24.6. The summed E-state index contributed by atoms with van der Waals surface area (Å²) < 4.78 is 2.73. The second-order valence-corrected chi connectivity index (χ2v) is 24.9. The highest BCUT2D eigenvalue weighted by atomic mass is 32.1. The Morgan fingerprint density at radius 1 is 0.397 bits per heavy atom. The number of fused-ring (bicyclic) bond motifs is 6. The Kier molecular flexibility index (Phi) is 9.21. The lowest BCUT2D eigenvalue weighted by atomic mass is 9.36. The van der Waals surface area contributed by atoms with E-state index in [-0.39, 0.29) is 28.4 Å². The van der Waals surface area contributed by atoms with E-state index < -0.39 is 0 Å². The minimum atomic E-state index is -0.0602. The van der Waals surface area contributed by atoms with Crippen LogP contribution in [0.15, 0.2) is 152 Å². The fraction of sp³-hybridized carbons (Fsp3) is 0.250. The second-order valence-electron chi connectivity index (χ2n) is 23.9. The average molecular weight is 901 g/mol. The number of hydrogen-bond acceptors (Lipinski definition) is 3. The summed E-state index contributed by atoms with van der Waals surface area (Å²) in [7, 11) is 0. The first kappa shape index (κ1) is 43.0. The summed E-state index contributed by atoms with van der Waals surface area (Å²) in [5, 5.41) is 9.17. The van der Waals surface area contributed by atoms with Crippen LogP contribution >= 0.6 is 11.3 Å². The van der Waals surface area contributed by atoms with E-state index in [1.807, 2.05) is 11.3 Å². The van der Waals surface area contributed by atoms with E-state index in [0.717, 1.165) is 0 Å². The molecule has 0 saturated heterocycles. The van der Waals surface area contributed by atoms with E-state index in [1.165, 1.54) is 126 Å². The van der Waals surface area contributed by atoms with Crippen molar-refractivity contribution < 1.29 is 0 Å². The van der Waals surface area contributed by atoms with E-state index >= 15 is 0 Å². The van der Waals surface area contributed by atoms with Crippen LogP contribution in [0.3, 0.4) is 0 Å². The molecule has 0 atom stereocenters. The molecule has 0 saturated carbocycles. The molecule has 3 heterocycles. The zero-order valence-electron chi connectivity index (χ0n) is 41.8. The fourth-order valence-corrected chi connectivity index (χ4v) is 12.7. The Morgan fingerprint density at radius 2 is 0.926 bits per heavy atom. The summed E-state index contributed by atoms with van der Waals surface area (Å²) in [5.41, 5.74) is 18.0. The summed E-state index contributed by atoms with van der Waals surface area (Å²) in [4.78, 5) is 5.25. The lowest BCUT2D eigenvalue weighted by Gasteiger charge is -2.44. The predicted molar refractivity (Wildman–Crippen MR) is 300 cm³/mol. The zero-order chi connectivity index (χ0) is 47.4. The van der Waals surface area contributed by atoms with Gasteiger partial charge < -0.3 is 9.80 Å². The molecule has 12 rings (SSSR count). The van der Waals surface area contributed by atoms with Crippen molar-refractivity contribution in [1.29, 1.82) is 0 Å². The van der Waals surface area contributed by atoms with Crippen LogP contribution in [0.1, 0.15) is 105 Å². The van der Waals surface area contributed by atoms with Gasteiger partial charge in [-0.25, -0.2) is 0 Å². The predicted octanol–water partition coefficient (Wildman–Crippen LogP) is 16.7. The van der Waals surface area contributed by atoms with Crippen LogP contribution in [0.5, 0.6) is 0 Å². The van der Waals surface area contributed by atoms with Crippen LogP contribution in [-0.2, 0) is 21.7 Å². The van der Waals surface area contributed by atoms with Gasteiger partial charge in [-0.2, -0.15) is 0 Å². The molecule has 4 heteroatoms. The van der Waals surface area contributed by atoms with Crippen LogP contribution in [0, 0.1) is 0 Å². The van der Waals surface area contributed by atoms with Crippen molar-refractivity contribution in [2.45, 2.75) is 105 Å². The van der Waals surface area contributed by atoms with Gasteiger partial charge in [-0.15, -0.1) is 11.3 Å². The molecule has 0 aliphatic carbocycles. The maximum absolute atomic E-state index is 2.69. The Balaban J connectivity index is 1.20. The van der Waals surface area contributed by atoms with Crippen LogP contribution in [0.25, 0.3) is 53.5 Å². The van der Waals surface area contributed by atoms with Gasteiger partial charge in [0.1, 0.15) is 0 Å². The van der Waals surface area contributed by atoms with Gasteiger partial charge in [-0.05, 0) is 147 Å². The van der Waals surface area contributed by atoms with E-state index in [2.05, 4.69) is 245 Å². The molecule has 10 aromatic rings. The van der Waals surface area contributed by atoms with Crippen LogP contribution in [-0.4, -0.2) is 6.71 Å². The van der Waals surface area contributed by atoms with Crippen LogP contribution in [0.2, 0.25) is 0 Å². The largest absolute Gasteiger partial charge is 0.311 e. The summed E-state index contributed by atoms with van der Waals surface area (Å²) in [6, 6.07) is 59.3. The highest BCUT2D eigenvalue weighted by molar-refractivity contribution is 7.33. The van der Waals surface area contributed by atoms with Gasteiger partial charge in [0, 0.05) is 43.2 Å². The molecule has 2 aliphatic rings. The third-order valence-electron chi connectivity index (χ3n) is 15.2. The van der Waals surface area contributed by atoms with E-state index in [1.54, 1.807) is 0 Å². The van der Waals surface area contributed by atoms with Gasteiger partial charge in [0.2, 0.25) is 0 Å². The third kappa shape index (κ3) is 6.50. The van der Waals surface area contributed by atoms with Gasteiger partial charge in [0.25, 0.3) is 6.71 Å². The molecular formula is C64H61BN2S. The maximum Gasteiger partial charge on any atom is 0.264 e. The van der Waals surface area contributed by atoms with Crippen molar-refractivity contribution >= 4 is 110 Å². The molecule has 0 amide bonds. The van der Waals surface area contributed by atoms with Gasteiger partial charge >= 0.3 is 0 Å². The molecule has 0 fully saturated rings. The van der Waals surface area contributed by atoms with E-state index in [0.29, 0.717) is 0 Å². The Bertz CT molecular complexity index is 3660. The van der Waals surface area contributed by atoms with Crippen LogP contribution < -0.4 is 25.5 Å². The third-order valence-corrected chi connectivity index (χ3v) is 16.5. The van der Waals surface area contributed by atoms with Gasteiger partial charge in [-0.1, -0.05) is 180 Å². The number of thiophene rings is 1. The number of benzene rings is 9. The Hall–Kier alpha value is -6.36. The zero-order valence-corrected chi connectivity index (χ0v) is 42.6. The van der Waals surface area contributed by atoms with Crippen molar-refractivity contribution in [3.8, 4) is 11.1 Å². The number of nitrogens with zero attached hydrogens (tertiary/aromatic N) is 2. The normalized spacial score (nSPS) is 14.1. The van der Waals surface area contributed by atoms with Gasteiger partial charge in [0.05, 0.1) is 11.4 Å². The summed E-state index contributed by atoms with van der Waals surface area (Å²) in [6.45, 7) is 28.1.